The van der Waals surface area contributed by atoms with E-state index >= 15 is 0 Å². The number of nitrogens with zero attached hydrogens (tertiary/aromatic N) is 2. The van der Waals surface area contributed by atoms with Gasteiger partial charge in [-0.25, -0.2) is 4.39 Å². The molecule has 0 atom stereocenters. The highest BCUT2D eigenvalue weighted by Gasteiger charge is 2.34. The van der Waals surface area contributed by atoms with Crippen molar-refractivity contribution in [2.45, 2.75) is 0 Å². The molecule has 2 amide bonds. The summed E-state index contributed by atoms with van der Waals surface area (Å²) in [5, 5.41) is 13.1. The zero-order valence-electron chi connectivity index (χ0n) is 16.7. The lowest BCUT2D eigenvalue weighted by molar-refractivity contribution is -0.384. The molecule has 3 aromatic carbocycles. The molecule has 3 aromatic rings. The molecule has 1 aliphatic heterocycles. The van der Waals surface area contributed by atoms with E-state index in [9.17, 15) is 24.1 Å². The molecule has 0 saturated carbocycles. The van der Waals surface area contributed by atoms with Crippen molar-refractivity contribution in [1.29, 1.82) is 0 Å². The summed E-state index contributed by atoms with van der Waals surface area (Å²) in [7, 11) is 0. The molecule has 33 heavy (non-hydrogen) atoms. The minimum atomic E-state index is -0.644. The number of amides is 2. The standard InChI is InChI=1S/C23H14FN3O5S/c24-15-3-5-16(6-4-15)26-22(29)20(21(28)25-23(26)33)13-14-1-9-18(10-2-14)32-19-11-7-17(8-12-19)27(30)31/h1-13H,(H,25,28,33). The number of benzene rings is 3. The van der Waals surface area contributed by atoms with Gasteiger partial charge in [0, 0.05) is 12.1 Å². The van der Waals surface area contributed by atoms with E-state index in [1.54, 1.807) is 24.3 Å². The summed E-state index contributed by atoms with van der Waals surface area (Å²) in [4.78, 5) is 36.7. The molecule has 8 nitrogen and oxygen atoms in total. The minimum absolute atomic E-state index is 0.0473. The monoisotopic (exact) mass is 463 g/mol. The number of anilines is 1. The van der Waals surface area contributed by atoms with Crippen molar-refractivity contribution in [2.24, 2.45) is 0 Å². The number of thiocarbonyl (C=S) groups is 1. The molecule has 0 radical (unpaired) electrons. The molecule has 1 fully saturated rings. The number of nitro benzene ring substituents is 1. The average Bonchev–Trinajstić information content (AvgIpc) is 2.79. The second-order valence-corrected chi connectivity index (χ2v) is 7.24. The maximum absolute atomic E-state index is 13.2. The molecule has 1 saturated heterocycles. The van der Waals surface area contributed by atoms with Crippen LogP contribution in [0.3, 0.4) is 0 Å². The van der Waals surface area contributed by atoms with Crippen LogP contribution in [0.4, 0.5) is 15.8 Å². The number of ether oxygens (including phenoxy) is 1. The van der Waals surface area contributed by atoms with Gasteiger partial charge in [-0.05, 0) is 72.4 Å². The largest absolute Gasteiger partial charge is 0.457 e. The van der Waals surface area contributed by atoms with Crippen LogP contribution >= 0.6 is 12.2 Å². The van der Waals surface area contributed by atoms with Crippen LogP contribution in [0.2, 0.25) is 0 Å². The average molecular weight is 463 g/mol. The third-order valence-corrected chi connectivity index (χ3v) is 4.95. The van der Waals surface area contributed by atoms with Crippen LogP contribution in [0.25, 0.3) is 6.08 Å². The van der Waals surface area contributed by atoms with Gasteiger partial charge < -0.3 is 4.74 Å². The lowest BCUT2D eigenvalue weighted by Crippen LogP contribution is -2.54. The van der Waals surface area contributed by atoms with Gasteiger partial charge in [-0.1, -0.05) is 12.1 Å². The molecule has 0 spiro atoms. The van der Waals surface area contributed by atoms with Crippen molar-refractivity contribution in [3.8, 4) is 11.5 Å². The summed E-state index contributed by atoms with van der Waals surface area (Å²) in [6.45, 7) is 0. The fraction of sp³-hybridized carbons (Fsp3) is 0. The molecule has 10 heteroatoms. The van der Waals surface area contributed by atoms with Gasteiger partial charge in [0.2, 0.25) is 0 Å². The van der Waals surface area contributed by atoms with Gasteiger partial charge in [0.25, 0.3) is 17.5 Å². The predicted molar refractivity (Wildman–Crippen MR) is 122 cm³/mol. The smallest absolute Gasteiger partial charge is 0.270 e. The summed E-state index contributed by atoms with van der Waals surface area (Å²) in [6.07, 6.45) is 1.41. The summed E-state index contributed by atoms with van der Waals surface area (Å²) in [6, 6.07) is 17.3. The molecule has 164 valence electrons. The van der Waals surface area contributed by atoms with Gasteiger partial charge >= 0.3 is 0 Å². The zero-order chi connectivity index (χ0) is 23.5. The normalized spacial score (nSPS) is 14.9. The first-order valence-electron chi connectivity index (χ1n) is 9.51. The van der Waals surface area contributed by atoms with Crippen molar-refractivity contribution in [3.05, 3.63) is 99.9 Å². The molecular formula is C23H14FN3O5S. The lowest BCUT2D eigenvalue weighted by atomic mass is 10.1. The first kappa shape index (κ1) is 21.8. The molecule has 1 aliphatic rings. The Kier molecular flexibility index (Phi) is 5.92. The fourth-order valence-corrected chi connectivity index (χ4v) is 3.33. The van der Waals surface area contributed by atoms with Crippen molar-refractivity contribution in [2.75, 3.05) is 4.90 Å². The topological polar surface area (TPSA) is 102 Å². The third-order valence-electron chi connectivity index (χ3n) is 4.66. The maximum Gasteiger partial charge on any atom is 0.270 e. The third kappa shape index (κ3) is 4.75. The lowest BCUT2D eigenvalue weighted by Gasteiger charge is -2.28. The van der Waals surface area contributed by atoms with Gasteiger partial charge in [0.1, 0.15) is 22.9 Å². The van der Waals surface area contributed by atoms with Gasteiger partial charge in [0.15, 0.2) is 5.11 Å². The van der Waals surface area contributed by atoms with Crippen LogP contribution in [-0.4, -0.2) is 21.9 Å². The Bertz CT molecular complexity index is 1290. The Morgan fingerprint density at radius 3 is 2.09 bits per heavy atom. The first-order chi connectivity index (χ1) is 15.8. The van der Waals surface area contributed by atoms with Crippen LogP contribution in [0, 0.1) is 15.9 Å². The van der Waals surface area contributed by atoms with Crippen molar-refractivity contribution < 1.29 is 23.6 Å². The summed E-state index contributed by atoms with van der Waals surface area (Å²) < 4.78 is 18.9. The minimum Gasteiger partial charge on any atom is -0.457 e. The number of halogens is 1. The molecule has 1 N–H and O–H groups in total. The summed E-state index contributed by atoms with van der Waals surface area (Å²) >= 11 is 5.11. The van der Waals surface area contributed by atoms with Gasteiger partial charge in [-0.2, -0.15) is 0 Å². The van der Waals surface area contributed by atoms with Crippen molar-refractivity contribution in [3.63, 3.8) is 0 Å². The van der Waals surface area contributed by atoms with E-state index < -0.39 is 22.6 Å². The number of nitro groups is 1. The molecule has 0 bridgehead atoms. The highest BCUT2D eigenvalue weighted by atomic mass is 32.1. The zero-order valence-corrected chi connectivity index (χ0v) is 17.5. The van der Waals surface area contributed by atoms with E-state index in [1.165, 1.54) is 54.6 Å². The SMILES string of the molecule is O=C1NC(=S)N(c2ccc(F)cc2)C(=O)C1=Cc1ccc(Oc2ccc([N+](=O)[O-])cc2)cc1. The fourth-order valence-electron chi connectivity index (χ4n) is 3.05. The molecule has 0 unspecified atom stereocenters. The number of non-ortho nitro benzene ring substituents is 1. The quantitative estimate of drug-likeness (QED) is 0.198. The first-order valence-corrected chi connectivity index (χ1v) is 9.92. The number of nitrogens with one attached hydrogen (secondary N) is 1. The second-order valence-electron chi connectivity index (χ2n) is 6.86. The van der Waals surface area contributed by atoms with E-state index in [4.69, 9.17) is 17.0 Å². The number of rotatable bonds is 5. The van der Waals surface area contributed by atoms with E-state index in [0.29, 0.717) is 22.7 Å². The van der Waals surface area contributed by atoms with Crippen LogP contribution in [0.5, 0.6) is 11.5 Å². The van der Waals surface area contributed by atoms with Crippen LogP contribution in [-0.2, 0) is 9.59 Å². The Balaban J connectivity index is 1.54. The van der Waals surface area contributed by atoms with Crippen molar-refractivity contribution in [1.82, 2.24) is 5.32 Å². The predicted octanol–water partition coefficient (Wildman–Crippen LogP) is 4.36. The Hall–Kier alpha value is -4.44. The number of carbonyl (C=O) groups is 2. The summed E-state index contributed by atoms with van der Waals surface area (Å²) in [5.41, 5.74) is 0.687. The molecule has 0 aliphatic carbocycles. The van der Waals surface area contributed by atoms with Crippen LogP contribution < -0.4 is 15.0 Å². The number of hydrogen-bond acceptors (Lipinski definition) is 6. The van der Waals surface area contributed by atoms with E-state index in [0.717, 1.165) is 4.90 Å². The van der Waals surface area contributed by atoms with Crippen LogP contribution in [0.15, 0.2) is 78.4 Å². The van der Waals surface area contributed by atoms with Gasteiger partial charge in [-0.15, -0.1) is 0 Å². The van der Waals surface area contributed by atoms with Crippen LogP contribution in [0.1, 0.15) is 5.56 Å². The highest BCUT2D eigenvalue weighted by molar-refractivity contribution is 7.80. The Morgan fingerprint density at radius 1 is 0.939 bits per heavy atom. The van der Waals surface area contributed by atoms with E-state index in [-0.39, 0.29) is 16.4 Å². The van der Waals surface area contributed by atoms with E-state index in [1.807, 2.05) is 0 Å². The second kappa shape index (κ2) is 8.97. The van der Waals surface area contributed by atoms with Crippen molar-refractivity contribution >= 4 is 46.6 Å². The molecular weight excluding hydrogens is 449 g/mol. The number of carbonyl (C=O) groups excluding carboxylic acids is 2. The highest BCUT2D eigenvalue weighted by Crippen LogP contribution is 2.26. The molecule has 4 rings (SSSR count). The summed E-state index contributed by atoms with van der Waals surface area (Å²) in [5.74, 6) is -0.877. The Labute approximate surface area is 192 Å². The maximum atomic E-state index is 13.2. The molecule has 0 aromatic heterocycles. The van der Waals surface area contributed by atoms with E-state index in [2.05, 4.69) is 5.32 Å². The number of hydrogen-bond donors (Lipinski definition) is 1. The van der Waals surface area contributed by atoms with Gasteiger partial charge in [-0.3, -0.25) is 29.9 Å². The molecule has 1 heterocycles. The Morgan fingerprint density at radius 2 is 1.52 bits per heavy atom. The van der Waals surface area contributed by atoms with Gasteiger partial charge in [0.05, 0.1) is 10.6 Å².